The zero-order valence-electron chi connectivity index (χ0n) is 7.92. The van der Waals surface area contributed by atoms with E-state index in [1.807, 2.05) is 0 Å². The van der Waals surface area contributed by atoms with Crippen LogP contribution in [0.1, 0.15) is 32.6 Å². The van der Waals surface area contributed by atoms with Crippen molar-refractivity contribution in [2.24, 2.45) is 5.73 Å². The Kier molecular flexibility index (Phi) is 3.47. The lowest BCUT2D eigenvalue weighted by Crippen LogP contribution is -2.43. The van der Waals surface area contributed by atoms with Crippen LogP contribution in [0.5, 0.6) is 0 Å². The molecule has 2 nitrogen and oxygen atoms in total. The highest BCUT2D eigenvalue weighted by Gasteiger charge is 2.25. The first-order valence-corrected chi connectivity index (χ1v) is 5.02. The largest absolute Gasteiger partial charge is 0.393 e. The number of thiocarbonyl (C=S) groups is 1. The molecule has 70 valence electrons. The van der Waals surface area contributed by atoms with Gasteiger partial charge in [-0.15, -0.1) is 0 Å². The molecule has 0 radical (unpaired) electrons. The molecule has 0 aliphatic heterocycles. The number of rotatable bonds is 4. The molecule has 1 aliphatic rings. The highest BCUT2D eigenvalue weighted by molar-refractivity contribution is 7.80. The molecule has 0 aromatic heterocycles. The van der Waals surface area contributed by atoms with Crippen molar-refractivity contribution in [2.75, 3.05) is 7.05 Å². The van der Waals surface area contributed by atoms with E-state index >= 15 is 0 Å². The number of hydrogen-bond acceptors (Lipinski definition) is 2. The molecule has 0 aromatic rings. The average molecular weight is 186 g/mol. The van der Waals surface area contributed by atoms with Gasteiger partial charge in [0.25, 0.3) is 0 Å². The zero-order valence-corrected chi connectivity index (χ0v) is 8.73. The van der Waals surface area contributed by atoms with Crippen molar-refractivity contribution in [3.8, 4) is 0 Å². The highest BCUT2D eigenvalue weighted by atomic mass is 32.1. The van der Waals surface area contributed by atoms with E-state index in [2.05, 4.69) is 18.9 Å². The standard InChI is InChI=1S/C9H18N2S/c1-7(6-9(10)12)11(2)8-4-3-5-8/h7-8H,3-6H2,1-2H3,(H2,10,12). The number of nitrogens with zero attached hydrogens (tertiary/aromatic N) is 1. The summed E-state index contributed by atoms with van der Waals surface area (Å²) in [7, 11) is 2.17. The zero-order chi connectivity index (χ0) is 9.14. The van der Waals surface area contributed by atoms with Crippen LogP contribution < -0.4 is 5.73 Å². The van der Waals surface area contributed by atoms with E-state index in [-0.39, 0.29) is 0 Å². The quantitative estimate of drug-likeness (QED) is 0.675. The summed E-state index contributed by atoms with van der Waals surface area (Å²) in [5, 5.41) is 0. The molecule has 1 fully saturated rings. The van der Waals surface area contributed by atoms with E-state index in [9.17, 15) is 0 Å². The van der Waals surface area contributed by atoms with Crippen LogP contribution in [-0.2, 0) is 0 Å². The van der Waals surface area contributed by atoms with Gasteiger partial charge in [0.1, 0.15) is 0 Å². The van der Waals surface area contributed by atoms with Crippen molar-refractivity contribution in [3.63, 3.8) is 0 Å². The van der Waals surface area contributed by atoms with Crippen LogP contribution in [0.3, 0.4) is 0 Å². The number of nitrogens with two attached hydrogens (primary N) is 1. The maximum Gasteiger partial charge on any atom is 0.0742 e. The molecule has 1 saturated carbocycles. The second-order valence-corrected chi connectivity index (χ2v) is 4.29. The van der Waals surface area contributed by atoms with E-state index in [4.69, 9.17) is 18.0 Å². The third-order valence-corrected chi connectivity index (χ3v) is 3.01. The molecule has 0 heterocycles. The van der Waals surface area contributed by atoms with Crippen LogP contribution in [0.25, 0.3) is 0 Å². The van der Waals surface area contributed by atoms with Gasteiger partial charge >= 0.3 is 0 Å². The summed E-state index contributed by atoms with van der Waals surface area (Å²) in [6, 6.07) is 1.29. The van der Waals surface area contributed by atoms with Crippen molar-refractivity contribution in [2.45, 2.75) is 44.7 Å². The Labute approximate surface area is 80.1 Å². The summed E-state index contributed by atoms with van der Waals surface area (Å²) in [6.45, 7) is 2.19. The van der Waals surface area contributed by atoms with Crippen molar-refractivity contribution in [1.82, 2.24) is 4.90 Å². The van der Waals surface area contributed by atoms with E-state index < -0.39 is 0 Å². The van der Waals surface area contributed by atoms with Crippen LogP contribution in [0.4, 0.5) is 0 Å². The molecule has 1 aliphatic carbocycles. The van der Waals surface area contributed by atoms with Gasteiger partial charge in [-0.3, -0.25) is 0 Å². The second kappa shape index (κ2) is 4.19. The average Bonchev–Trinajstić information content (AvgIpc) is 1.81. The van der Waals surface area contributed by atoms with Gasteiger partial charge in [0.15, 0.2) is 0 Å². The van der Waals surface area contributed by atoms with Gasteiger partial charge in [-0.2, -0.15) is 0 Å². The topological polar surface area (TPSA) is 29.3 Å². The molecule has 1 atom stereocenters. The van der Waals surface area contributed by atoms with E-state index in [0.29, 0.717) is 11.0 Å². The molecule has 0 saturated heterocycles. The summed E-state index contributed by atoms with van der Waals surface area (Å²) in [4.78, 5) is 3.04. The molecule has 0 bridgehead atoms. The molecular weight excluding hydrogens is 168 g/mol. The molecule has 1 rings (SSSR count). The molecule has 3 heteroatoms. The minimum atomic E-state index is 0.507. The Morgan fingerprint density at radius 2 is 2.25 bits per heavy atom. The lowest BCUT2D eigenvalue weighted by molar-refractivity contribution is 0.121. The Morgan fingerprint density at radius 1 is 1.67 bits per heavy atom. The molecule has 2 N–H and O–H groups in total. The summed E-state index contributed by atoms with van der Waals surface area (Å²) < 4.78 is 0. The molecule has 0 aromatic carbocycles. The minimum Gasteiger partial charge on any atom is -0.393 e. The van der Waals surface area contributed by atoms with Crippen LogP contribution in [0, 0.1) is 0 Å². The summed E-state index contributed by atoms with van der Waals surface area (Å²) in [5.41, 5.74) is 5.50. The van der Waals surface area contributed by atoms with Gasteiger partial charge in [-0.1, -0.05) is 18.6 Å². The Bertz CT molecular complexity index is 166. The lowest BCUT2D eigenvalue weighted by Gasteiger charge is -2.38. The smallest absolute Gasteiger partial charge is 0.0742 e. The van der Waals surface area contributed by atoms with Gasteiger partial charge in [-0.05, 0) is 26.8 Å². The molecule has 12 heavy (non-hydrogen) atoms. The minimum absolute atomic E-state index is 0.507. The Balaban J connectivity index is 2.29. The maximum atomic E-state index is 5.50. The van der Waals surface area contributed by atoms with E-state index in [1.165, 1.54) is 19.3 Å². The van der Waals surface area contributed by atoms with E-state index in [0.717, 1.165) is 12.5 Å². The normalized spacial score (nSPS) is 20.6. The monoisotopic (exact) mass is 186 g/mol. The van der Waals surface area contributed by atoms with Crippen LogP contribution in [0.2, 0.25) is 0 Å². The van der Waals surface area contributed by atoms with Gasteiger partial charge in [0.2, 0.25) is 0 Å². The molecule has 0 amide bonds. The van der Waals surface area contributed by atoms with Crippen molar-refractivity contribution in [1.29, 1.82) is 0 Å². The maximum absolute atomic E-state index is 5.50. The van der Waals surface area contributed by atoms with Crippen molar-refractivity contribution < 1.29 is 0 Å². The van der Waals surface area contributed by atoms with Gasteiger partial charge < -0.3 is 10.6 Å². The summed E-state index contributed by atoms with van der Waals surface area (Å²) in [6.07, 6.45) is 4.92. The van der Waals surface area contributed by atoms with E-state index in [1.54, 1.807) is 0 Å². The Morgan fingerprint density at radius 3 is 2.58 bits per heavy atom. The molecule has 1 unspecified atom stereocenters. The molecular formula is C9H18N2S. The van der Waals surface area contributed by atoms with Crippen LogP contribution in [-0.4, -0.2) is 29.0 Å². The first kappa shape index (κ1) is 9.93. The van der Waals surface area contributed by atoms with Crippen LogP contribution >= 0.6 is 12.2 Å². The Hall–Kier alpha value is -0.150. The lowest BCUT2D eigenvalue weighted by atomic mass is 9.90. The first-order chi connectivity index (χ1) is 5.61. The fourth-order valence-electron chi connectivity index (χ4n) is 1.59. The third-order valence-electron chi connectivity index (χ3n) is 2.84. The fourth-order valence-corrected chi connectivity index (χ4v) is 1.83. The predicted octanol–water partition coefficient (Wildman–Crippen LogP) is 1.54. The highest BCUT2D eigenvalue weighted by Crippen LogP contribution is 2.25. The van der Waals surface area contributed by atoms with Gasteiger partial charge in [-0.25, -0.2) is 0 Å². The SMILES string of the molecule is CC(CC(N)=S)N(C)C1CCC1. The summed E-state index contributed by atoms with van der Waals surface area (Å²) in [5.74, 6) is 0. The number of hydrogen-bond donors (Lipinski definition) is 1. The third kappa shape index (κ3) is 2.42. The predicted molar refractivity (Wildman–Crippen MR) is 56.3 cm³/mol. The first-order valence-electron chi connectivity index (χ1n) is 4.61. The van der Waals surface area contributed by atoms with Crippen LogP contribution in [0.15, 0.2) is 0 Å². The van der Waals surface area contributed by atoms with Gasteiger partial charge in [0.05, 0.1) is 4.99 Å². The fraction of sp³-hybridized carbons (Fsp3) is 0.889. The van der Waals surface area contributed by atoms with Crippen molar-refractivity contribution >= 4 is 17.2 Å². The summed E-state index contributed by atoms with van der Waals surface area (Å²) >= 11 is 4.88. The molecule has 0 spiro atoms. The second-order valence-electron chi connectivity index (χ2n) is 3.77. The van der Waals surface area contributed by atoms with Crippen molar-refractivity contribution in [3.05, 3.63) is 0 Å². The van der Waals surface area contributed by atoms with Gasteiger partial charge in [0, 0.05) is 18.5 Å².